The first-order valence-corrected chi connectivity index (χ1v) is 8.69. The molecule has 0 spiro atoms. The molecule has 0 radical (unpaired) electrons. The van der Waals surface area contributed by atoms with E-state index in [1.54, 1.807) is 0 Å². The molecule has 0 bridgehead atoms. The minimum atomic E-state index is 0.391. The van der Waals surface area contributed by atoms with Crippen molar-refractivity contribution in [2.24, 2.45) is 5.73 Å². The third-order valence-corrected chi connectivity index (χ3v) is 5.76. The summed E-state index contributed by atoms with van der Waals surface area (Å²) in [6, 6.07) is 13.1. The molecule has 1 aliphatic rings. The summed E-state index contributed by atoms with van der Waals surface area (Å²) in [6.45, 7) is 7.57. The highest BCUT2D eigenvalue weighted by Gasteiger charge is 2.24. The van der Waals surface area contributed by atoms with Gasteiger partial charge in [-0.2, -0.15) is 11.8 Å². The molecule has 1 saturated heterocycles. The summed E-state index contributed by atoms with van der Waals surface area (Å²) in [5.74, 6) is 1.19. The van der Waals surface area contributed by atoms with Gasteiger partial charge in [-0.1, -0.05) is 44.2 Å². The highest BCUT2D eigenvalue weighted by Crippen LogP contribution is 2.35. The third-order valence-electron chi connectivity index (χ3n) is 4.39. The number of anilines is 1. The van der Waals surface area contributed by atoms with Gasteiger partial charge in [0, 0.05) is 41.2 Å². The Balaban J connectivity index is 2.01. The van der Waals surface area contributed by atoms with E-state index in [4.69, 9.17) is 5.73 Å². The molecule has 2 nitrogen and oxygen atoms in total. The van der Waals surface area contributed by atoms with Crippen molar-refractivity contribution in [1.29, 1.82) is 0 Å². The molecule has 21 heavy (non-hydrogen) atoms. The molecule has 1 fully saturated rings. The average molecular weight is 300 g/mol. The Morgan fingerprint density at radius 1 is 1.10 bits per heavy atom. The average Bonchev–Trinajstić information content (AvgIpc) is 2.67. The fourth-order valence-corrected chi connectivity index (χ4v) is 4.16. The lowest BCUT2D eigenvalue weighted by Gasteiger charge is -2.26. The molecule has 2 N–H and O–H groups in total. The summed E-state index contributed by atoms with van der Waals surface area (Å²) in [7, 11) is 0. The molecule has 0 amide bonds. The van der Waals surface area contributed by atoms with Gasteiger partial charge in [0.05, 0.1) is 0 Å². The van der Waals surface area contributed by atoms with Crippen molar-refractivity contribution >= 4 is 28.2 Å². The van der Waals surface area contributed by atoms with E-state index in [9.17, 15) is 0 Å². The summed E-state index contributed by atoms with van der Waals surface area (Å²) in [6.07, 6.45) is 1.23. The monoisotopic (exact) mass is 300 g/mol. The van der Waals surface area contributed by atoms with E-state index in [1.165, 1.54) is 34.2 Å². The summed E-state index contributed by atoms with van der Waals surface area (Å²) < 4.78 is 0.391. The molecule has 0 atom stereocenters. The van der Waals surface area contributed by atoms with E-state index >= 15 is 0 Å². The van der Waals surface area contributed by atoms with Crippen molar-refractivity contribution in [3.63, 3.8) is 0 Å². The molecule has 0 aromatic heterocycles. The lowest BCUT2D eigenvalue weighted by molar-refractivity contribution is 0.638. The topological polar surface area (TPSA) is 29.3 Å². The van der Waals surface area contributed by atoms with Crippen molar-refractivity contribution in [3.05, 3.63) is 42.0 Å². The highest BCUT2D eigenvalue weighted by molar-refractivity contribution is 8.00. The Labute approximate surface area is 131 Å². The van der Waals surface area contributed by atoms with Crippen molar-refractivity contribution in [2.75, 3.05) is 23.7 Å². The number of hydrogen-bond acceptors (Lipinski definition) is 3. The lowest BCUT2D eigenvalue weighted by Crippen LogP contribution is -2.27. The smallest absolute Gasteiger partial charge is 0.0446 e. The summed E-state index contributed by atoms with van der Waals surface area (Å²) in [5.41, 5.74) is 8.49. The summed E-state index contributed by atoms with van der Waals surface area (Å²) in [5, 5.41) is 2.64. The molecular formula is C18H24N2S. The minimum Gasteiger partial charge on any atom is -0.370 e. The van der Waals surface area contributed by atoms with Crippen LogP contribution in [0, 0.1) is 0 Å². The lowest BCUT2D eigenvalue weighted by atomic mass is 10.0. The number of benzene rings is 2. The standard InChI is InChI=1S/C18H24N2S/c1-18(2)9-10-20(11-12-21-18)17-8-7-14(13-19)15-5-3-4-6-16(15)17/h3-8H,9-13,19H2,1-2H3. The summed E-state index contributed by atoms with van der Waals surface area (Å²) in [4.78, 5) is 2.55. The van der Waals surface area contributed by atoms with Gasteiger partial charge in [-0.3, -0.25) is 0 Å². The molecule has 1 heterocycles. The second-order valence-corrected chi connectivity index (χ2v) is 8.14. The molecule has 3 rings (SSSR count). The molecular weight excluding hydrogens is 276 g/mol. The Kier molecular flexibility index (Phi) is 4.14. The second kappa shape index (κ2) is 5.90. The van der Waals surface area contributed by atoms with E-state index in [0.29, 0.717) is 11.3 Å². The third kappa shape index (κ3) is 3.04. The van der Waals surface area contributed by atoms with Crippen LogP contribution in [0.15, 0.2) is 36.4 Å². The molecule has 2 aromatic rings. The zero-order valence-electron chi connectivity index (χ0n) is 12.9. The van der Waals surface area contributed by atoms with Crippen LogP contribution in [0.5, 0.6) is 0 Å². The number of hydrogen-bond donors (Lipinski definition) is 1. The quantitative estimate of drug-likeness (QED) is 0.908. The highest BCUT2D eigenvalue weighted by atomic mass is 32.2. The molecule has 3 heteroatoms. The molecule has 0 unspecified atom stereocenters. The van der Waals surface area contributed by atoms with Gasteiger partial charge in [-0.15, -0.1) is 0 Å². The number of rotatable bonds is 2. The Morgan fingerprint density at radius 2 is 1.86 bits per heavy atom. The normalized spacial score (nSPS) is 18.7. The maximum Gasteiger partial charge on any atom is 0.0446 e. The number of fused-ring (bicyclic) bond motifs is 1. The van der Waals surface area contributed by atoms with Gasteiger partial charge in [-0.05, 0) is 23.4 Å². The molecule has 0 aliphatic carbocycles. The molecule has 2 aromatic carbocycles. The Hall–Kier alpha value is -1.19. The first kappa shape index (κ1) is 14.7. The predicted octanol–water partition coefficient (Wildman–Crippen LogP) is 4.02. The summed E-state index contributed by atoms with van der Waals surface area (Å²) >= 11 is 2.09. The Morgan fingerprint density at radius 3 is 2.62 bits per heavy atom. The maximum atomic E-state index is 5.89. The van der Waals surface area contributed by atoms with E-state index in [0.717, 1.165) is 13.1 Å². The van der Waals surface area contributed by atoms with Gasteiger partial charge >= 0.3 is 0 Å². The van der Waals surface area contributed by atoms with Gasteiger partial charge in [0.2, 0.25) is 0 Å². The van der Waals surface area contributed by atoms with Crippen LogP contribution in [0.25, 0.3) is 10.8 Å². The number of nitrogens with zero attached hydrogens (tertiary/aromatic N) is 1. The van der Waals surface area contributed by atoms with E-state index in [2.05, 4.69) is 66.9 Å². The zero-order chi connectivity index (χ0) is 14.9. The van der Waals surface area contributed by atoms with Crippen LogP contribution in [0.3, 0.4) is 0 Å². The number of thioether (sulfide) groups is 1. The van der Waals surface area contributed by atoms with Crippen molar-refractivity contribution < 1.29 is 0 Å². The van der Waals surface area contributed by atoms with Crippen LogP contribution >= 0.6 is 11.8 Å². The van der Waals surface area contributed by atoms with Crippen LogP contribution in [0.2, 0.25) is 0 Å². The fraction of sp³-hybridized carbons (Fsp3) is 0.444. The van der Waals surface area contributed by atoms with E-state index < -0.39 is 0 Å². The van der Waals surface area contributed by atoms with Crippen molar-refractivity contribution in [2.45, 2.75) is 31.6 Å². The zero-order valence-corrected chi connectivity index (χ0v) is 13.7. The van der Waals surface area contributed by atoms with E-state index in [1.807, 2.05) is 0 Å². The van der Waals surface area contributed by atoms with Crippen LogP contribution < -0.4 is 10.6 Å². The van der Waals surface area contributed by atoms with Crippen LogP contribution in [-0.2, 0) is 6.54 Å². The minimum absolute atomic E-state index is 0.391. The SMILES string of the molecule is CC1(C)CCN(c2ccc(CN)c3ccccc23)CCS1. The molecule has 0 saturated carbocycles. The van der Waals surface area contributed by atoms with Crippen molar-refractivity contribution in [1.82, 2.24) is 0 Å². The molecule has 112 valence electrons. The fourth-order valence-electron chi connectivity index (χ4n) is 3.06. The second-order valence-electron chi connectivity index (χ2n) is 6.34. The largest absolute Gasteiger partial charge is 0.370 e. The van der Waals surface area contributed by atoms with Crippen LogP contribution in [0.4, 0.5) is 5.69 Å². The van der Waals surface area contributed by atoms with Gasteiger partial charge in [0.15, 0.2) is 0 Å². The van der Waals surface area contributed by atoms with Gasteiger partial charge < -0.3 is 10.6 Å². The Bertz CT molecular complexity index is 636. The van der Waals surface area contributed by atoms with Gasteiger partial charge in [0.1, 0.15) is 0 Å². The first-order valence-electron chi connectivity index (χ1n) is 7.70. The van der Waals surface area contributed by atoms with Gasteiger partial charge in [-0.25, -0.2) is 0 Å². The number of nitrogens with two attached hydrogens (primary N) is 1. The predicted molar refractivity (Wildman–Crippen MR) is 95.2 cm³/mol. The first-order chi connectivity index (χ1) is 10.1. The van der Waals surface area contributed by atoms with Crippen molar-refractivity contribution in [3.8, 4) is 0 Å². The van der Waals surface area contributed by atoms with Crippen LogP contribution in [0.1, 0.15) is 25.8 Å². The van der Waals surface area contributed by atoms with Crippen LogP contribution in [-0.4, -0.2) is 23.6 Å². The molecule has 1 aliphatic heterocycles. The van der Waals surface area contributed by atoms with Gasteiger partial charge in [0.25, 0.3) is 0 Å². The maximum absolute atomic E-state index is 5.89. The van der Waals surface area contributed by atoms with E-state index in [-0.39, 0.29) is 0 Å².